The summed E-state index contributed by atoms with van der Waals surface area (Å²) >= 11 is 0. The summed E-state index contributed by atoms with van der Waals surface area (Å²) in [5, 5.41) is 0. The third-order valence-electron chi connectivity index (χ3n) is 2.04. The van der Waals surface area contributed by atoms with Crippen molar-refractivity contribution < 1.29 is 28.8 Å². The highest BCUT2D eigenvalue weighted by Crippen LogP contribution is 2.38. The molecule has 1 aromatic rings. The minimum absolute atomic E-state index is 0.197. The number of carbonyl (C=O) groups is 1. The molecule has 0 aliphatic rings. The van der Waals surface area contributed by atoms with Gasteiger partial charge >= 0.3 is 5.97 Å². The van der Waals surface area contributed by atoms with Crippen molar-refractivity contribution in [3.8, 4) is 17.2 Å². The van der Waals surface area contributed by atoms with Gasteiger partial charge < -0.3 is 14.2 Å². The number of hydrogen-bond acceptors (Lipinski definition) is 6. The monoisotopic (exact) mass is 241 g/mol. The molecule has 6 nitrogen and oxygen atoms in total. The van der Waals surface area contributed by atoms with Gasteiger partial charge in [0.2, 0.25) is 5.75 Å². The van der Waals surface area contributed by atoms with Crippen LogP contribution in [0.2, 0.25) is 0 Å². The molecule has 0 spiro atoms. The van der Waals surface area contributed by atoms with Crippen LogP contribution in [0.5, 0.6) is 17.2 Å². The van der Waals surface area contributed by atoms with Crippen LogP contribution in [0.4, 0.5) is 0 Å². The van der Waals surface area contributed by atoms with Crippen molar-refractivity contribution in [1.29, 1.82) is 0 Å². The average Bonchev–Trinajstić information content (AvgIpc) is 2.37. The second-order valence-corrected chi connectivity index (χ2v) is 2.90. The molecule has 0 fully saturated rings. The van der Waals surface area contributed by atoms with E-state index in [9.17, 15) is 4.79 Å². The smallest absolute Gasteiger partial charge is 0.373 e. The van der Waals surface area contributed by atoms with Gasteiger partial charge in [-0.1, -0.05) is 0 Å². The first kappa shape index (κ1) is 13.1. The summed E-state index contributed by atoms with van der Waals surface area (Å²) in [6, 6.07) is 2.89. The van der Waals surface area contributed by atoms with Gasteiger partial charge in [-0.15, -0.1) is 0 Å². The second kappa shape index (κ2) is 5.95. The van der Waals surface area contributed by atoms with Gasteiger partial charge in [0.15, 0.2) is 11.5 Å². The van der Waals surface area contributed by atoms with Crippen LogP contribution in [0.25, 0.3) is 0 Å². The second-order valence-electron chi connectivity index (χ2n) is 2.90. The van der Waals surface area contributed by atoms with Gasteiger partial charge in [-0.25, -0.2) is 4.79 Å². The molecule has 1 rings (SSSR count). The van der Waals surface area contributed by atoms with E-state index in [2.05, 4.69) is 16.9 Å². The first-order chi connectivity index (χ1) is 8.17. The summed E-state index contributed by atoms with van der Waals surface area (Å²) in [6.07, 6.45) is 0. The Hall–Kier alpha value is -1.95. The number of rotatable bonds is 5. The van der Waals surface area contributed by atoms with Crippen LogP contribution in [0.3, 0.4) is 0 Å². The molecule has 0 heterocycles. The van der Waals surface area contributed by atoms with E-state index in [1.54, 1.807) is 0 Å². The van der Waals surface area contributed by atoms with Crippen molar-refractivity contribution in [3.05, 3.63) is 24.8 Å². The molecule has 17 heavy (non-hydrogen) atoms. The van der Waals surface area contributed by atoms with Gasteiger partial charge in [-0.2, -0.15) is 4.89 Å². The summed E-state index contributed by atoms with van der Waals surface area (Å²) in [6.45, 7) is 0. The Labute approximate surface area is 98.9 Å². The lowest BCUT2D eigenvalue weighted by atomic mass is 10.2. The zero-order chi connectivity index (χ0) is 12.8. The molecule has 6 heteroatoms. The Bertz CT molecular complexity index is 376. The van der Waals surface area contributed by atoms with E-state index in [4.69, 9.17) is 14.2 Å². The highest BCUT2D eigenvalue weighted by Gasteiger charge is 2.18. The summed E-state index contributed by atoms with van der Waals surface area (Å²) in [7, 11) is 7.31. The van der Waals surface area contributed by atoms with E-state index in [1.807, 2.05) is 0 Å². The Morgan fingerprint density at radius 2 is 1.59 bits per heavy atom. The van der Waals surface area contributed by atoms with Crippen LogP contribution < -0.4 is 14.2 Å². The molecule has 0 bridgehead atoms. The van der Waals surface area contributed by atoms with Crippen LogP contribution in [-0.4, -0.2) is 27.3 Å². The fraction of sp³-hybridized carbons (Fsp3) is 0.273. The maximum Gasteiger partial charge on any atom is 0.373 e. The lowest BCUT2D eigenvalue weighted by molar-refractivity contribution is -0.195. The summed E-state index contributed by atoms with van der Waals surface area (Å²) < 4.78 is 15.3. The molecule has 0 aromatic heterocycles. The molecule has 0 N–H and O–H groups in total. The first-order valence-corrected chi connectivity index (χ1v) is 4.61. The third kappa shape index (κ3) is 2.79. The normalized spacial score (nSPS) is 9.65. The van der Waals surface area contributed by atoms with Gasteiger partial charge in [-0.05, 0) is 12.1 Å². The van der Waals surface area contributed by atoms with Gasteiger partial charge in [0, 0.05) is 0 Å². The van der Waals surface area contributed by atoms with E-state index in [0.717, 1.165) is 0 Å². The molecule has 0 aliphatic carbocycles. The average molecular weight is 241 g/mol. The lowest BCUT2D eigenvalue weighted by Gasteiger charge is -2.13. The maximum atomic E-state index is 11.4. The van der Waals surface area contributed by atoms with Crippen molar-refractivity contribution >= 4 is 5.97 Å². The molecule has 1 radical (unpaired) electrons. The summed E-state index contributed by atoms with van der Waals surface area (Å²) in [5.41, 5.74) is 0.197. The summed E-state index contributed by atoms with van der Waals surface area (Å²) in [4.78, 5) is 19.8. The lowest BCUT2D eigenvalue weighted by Crippen LogP contribution is -2.05. The number of carbonyl (C=O) groups excluding carboxylic acids is 1. The summed E-state index contributed by atoms with van der Waals surface area (Å²) in [5.74, 6) is 0.382. The Balaban J connectivity index is 3.22. The van der Waals surface area contributed by atoms with E-state index in [1.165, 1.54) is 33.5 Å². The van der Waals surface area contributed by atoms with E-state index in [-0.39, 0.29) is 5.56 Å². The third-order valence-corrected chi connectivity index (χ3v) is 2.04. The molecular weight excluding hydrogens is 228 g/mol. The molecule has 0 amide bonds. The van der Waals surface area contributed by atoms with E-state index < -0.39 is 5.97 Å². The standard InChI is InChI=1S/C11H13O6/c1-13-8-5-7(11(12)17-16-4)6-9(14-2)10(8)15-3/h5-6H,4H2,1-3H3. The van der Waals surface area contributed by atoms with Gasteiger partial charge in [-0.3, -0.25) is 4.89 Å². The predicted molar refractivity (Wildman–Crippen MR) is 58.0 cm³/mol. The van der Waals surface area contributed by atoms with Crippen molar-refractivity contribution in [2.45, 2.75) is 0 Å². The van der Waals surface area contributed by atoms with Crippen molar-refractivity contribution in [1.82, 2.24) is 0 Å². The topological polar surface area (TPSA) is 63.2 Å². The highest BCUT2D eigenvalue weighted by atomic mass is 17.2. The SMILES string of the molecule is [CH2]OOC(=O)c1cc(OC)c(OC)c(OC)c1. The van der Waals surface area contributed by atoms with Gasteiger partial charge in [0.25, 0.3) is 0 Å². The molecule has 93 valence electrons. The van der Waals surface area contributed by atoms with Gasteiger partial charge in [0.05, 0.1) is 26.9 Å². The fourth-order valence-corrected chi connectivity index (χ4v) is 1.30. The Morgan fingerprint density at radius 1 is 1.06 bits per heavy atom. The first-order valence-electron chi connectivity index (χ1n) is 4.61. The van der Waals surface area contributed by atoms with E-state index >= 15 is 0 Å². The Kier molecular flexibility index (Phi) is 4.59. The van der Waals surface area contributed by atoms with Crippen LogP contribution in [0.1, 0.15) is 10.4 Å². The number of methoxy groups -OCH3 is 3. The molecule has 0 aliphatic heterocycles. The van der Waals surface area contributed by atoms with Crippen molar-refractivity contribution in [3.63, 3.8) is 0 Å². The molecule has 0 saturated carbocycles. The van der Waals surface area contributed by atoms with Crippen molar-refractivity contribution in [2.75, 3.05) is 21.3 Å². The fourth-order valence-electron chi connectivity index (χ4n) is 1.30. The maximum absolute atomic E-state index is 11.4. The number of benzene rings is 1. The zero-order valence-corrected chi connectivity index (χ0v) is 9.81. The number of ether oxygens (including phenoxy) is 3. The molecular formula is C11H13O6. The molecule has 1 aromatic carbocycles. The van der Waals surface area contributed by atoms with Crippen molar-refractivity contribution in [2.24, 2.45) is 0 Å². The molecule has 0 saturated heterocycles. The van der Waals surface area contributed by atoms with Crippen LogP contribution in [0, 0.1) is 7.11 Å². The minimum atomic E-state index is -0.709. The predicted octanol–water partition coefficient (Wildman–Crippen LogP) is 1.59. The minimum Gasteiger partial charge on any atom is -0.493 e. The Morgan fingerprint density at radius 3 is 1.94 bits per heavy atom. The van der Waals surface area contributed by atoms with E-state index in [0.29, 0.717) is 17.2 Å². The van der Waals surface area contributed by atoms with Gasteiger partial charge in [0.1, 0.15) is 7.11 Å². The molecule has 0 atom stereocenters. The zero-order valence-electron chi connectivity index (χ0n) is 9.81. The van der Waals surface area contributed by atoms with Crippen LogP contribution >= 0.6 is 0 Å². The quantitative estimate of drug-likeness (QED) is 0.576. The highest BCUT2D eigenvalue weighted by molar-refractivity contribution is 5.90. The number of hydrogen-bond donors (Lipinski definition) is 0. The van der Waals surface area contributed by atoms with Crippen LogP contribution in [0.15, 0.2) is 12.1 Å². The van der Waals surface area contributed by atoms with Crippen LogP contribution in [-0.2, 0) is 9.78 Å². The molecule has 0 unspecified atom stereocenters. The largest absolute Gasteiger partial charge is 0.493 e.